The summed E-state index contributed by atoms with van der Waals surface area (Å²) in [5.74, 6) is -2.03. The number of nitrogens with one attached hydrogen (secondary N) is 4. The number of carbonyl (C=O) groups excluding carboxylic acids is 5. The van der Waals surface area contributed by atoms with E-state index in [1.807, 2.05) is 78.8 Å². The largest absolute Gasteiger partial charge is 0.381 e. The zero-order valence-corrected chi connectivity index (χ0v) is 32.3. The van der Waals surface area contributed by atoms with Gasteiger partial charge in [0.1, 0.15) is 23.6 Å². The molecule has 2 fully saturated rings. The number of aliphatic hydroxyl groups is 1. The minimum absolute atomic E-state index is 0.0377. The zero-order valence-electron chi connectivity index (χ0n) is 32.3. The lowest BCUT2D eigenvalue weighted by atomic mass is 9.81. The molecule has 0 spiro atoms. The van der Waals surface area contributed by atoms with Gasteiger partial charge in [-0.25, -0.2) is 4.98 Å². The van der Waals surface area contributed by atoms with E-state index in [4.69, 9.17) is 0 Å². The summed E-state index contributed by atoms with van der Waals surface area (Å²) in [5.41, 5.74) is -1.06. The highest BCUT2D eigenvalue weighted by molar-refractivity contribution is 5.95. The molecule has 1 aromatic carbocycles. The van der Waals surface area contributed by atoms with Gasteiger partial charge in [-0.15, -0.1) is 0 Å². The van der Waals surface area contributed by atoms with Crippen LogP contribution in [0.1, 0.15) is 109 Å². The number of fused-ring (bicyclic) bond motifs is 1. The molecule has 1 saturated carbocycles. The summed E-state index contributed by atoms with van der Waals surface area (Å²) in [5, 5.41) is 23.3. The van der Waals surface area contributed by atoms with Gasteiger partial charge in [-0.2, -0.15) is 0 Å². The van der Waals surface area contributed by atoms with Crippen molar-refractivity contribution >= 4 is 29.9 Å². The Balaban J connectivity index is 1.55. The third-order valence-electron chi connectivity index (χ3n) is 11.2. The van der Waals surface area contributed by atoms with E-state index < -0.39 is 47.0 Å². The van der Waals surface area contributed by atoms with Crippen LogP contribution in [0.15, 0.2) is 48.9 Å². The van der Waals surface area contributed by atoms with E-state index in [-0.39, 0.29) is 47.8 Å². The van der Waals surface area contributed by atoms with E-state index in [1.165, 1.54) is 18.6 Å². The summed E-state index contributed by atoms with van der Waals surface area (Å²) in [6.45, 7) is 13.7. The first kappa shape index (κ1) is 41.5. The smallest absolute Gasteiger partial charge is 0.272 e. The summed E-state index contributed by atoms with van der Waals surface area (Å²) in [6.07, 6.45) is 7.59. The second-order valence-corrected chi connectivity index (χ2v) is 16.0. The SMILES string of the molecule is CCC[C@H](NC(=O)[C@@H]1[C@H]2CCC[C@H]2CN1C(=O)[C@@H](NC[C@@](C=O)(NC(=O)c1cnccn1)C(C)CC)C(C)(C)C)C(O)C(=O)N[C@@H](C)c1ccccc1. The second-order valence-electron chi connectivity index (χ2n) is 16.0. The number of carbonyl (C=O) groups is 5. The van der Waals surface area contributed by atoms with Crippen molar-refractivity contribution in [2.45, 2.75) is 123 Å². The van der Waals surface area contributed by atoms with Gasteiger partial charge in [0, 0.05) is 25.5 Å². The highest BCUT2D eigenvalue weighted by atomic mass is 16.3. The van der Waals surface area contributed by atoms with Gasteiger partial charge in [0.05, 0.1) is 24.3 Å². The van der Waals surface area contributed by atoms with Gasteiger partial charge in [-0.05, 0) is 54.9 Å². The van der Waals surface area contributed by atoms with Crippen molar-refractivity contribution in [3.8, 4) is 0 Å². The minimum Gasteiger partial charge on any atom is -0.381 e. The van der Waals surface area contributed by atoms with Crippen molar-refractivity contribution in [3.05, 3.63) is 60.2 Å². The predicted molar refractivity (Wildman–Crippen MR) is 201 cm³/mol. The molecule has 1 aliphatic heterocycles. The van der Waals surface area contributed by atoms with Crippen molar-refractivity contribution in [3.63, 3.8) is 0 Å². The predicted octanol–water partition coefficient (Wildman–Crippen LogP) is 3.34. The average Bonchev–Trinajstić information content (AvgIpc) is 3.75. The Morgan fingerprint density at radius 1 is 1.04 bits per heavy atom. The molecule has 1 aromatic heterocycles. The van der Waals surface area contributed by atoms with E-state index in [9.17, 15) is 29.1 Å². The van der Waals surface area contributed by atoms with Crippen LogP contribution in [0.5, 0.6) is 0 Å². The summed E-state index contributed by atoms with van der Waals surface area (Å²) < 4.78 is 0. The number of rotatable bonds is 17. The van der Waals surface area contributed by atoms with Crippen LogP contribution in [0.2, 0.25) is 0 Å². The minimum atomic E-state index is -1.49. The first-order valence-corrected chi connectivity index (χ1v) is 19.1. The molecule has 2 heterocycles. The Morgan fingerprint density at radius 2 is 1.75 bits per heavy atom. The van der Waals surface area contributed by atoms with Gasteiger partial charge < -0.3 is 36.1 Å². The standard InChI is InChI=1S/C40H59N7O6/c1-8-14-30(33(49)37(52)44-26(4)27-15-11-10-12-16-27)45-36(51)32-29-18-13-17-28(29)22-47(32)38(53)34(39(5,6)7)43-23-40(24-48,25(3)9-2)46-35(50)31-21-41-19-20-42-31/h10-12,15-16,19-21,24-26,28-30,32-34,43,49H,8-9,13-14,17-18,22-23H2,1-7H3,(H,44,52)(H,45,51)(H,46,50)/t25?,26-,28-,29-,30-,32-,33?,34+,40-/m0/s1. The van der Waals surface area contributed by atoms with Crippen LogP contribution >= 0.6 is 0 Å². The van der Waals surface area contributed by atoms with E-state index >= 15 is 0 Å². The summed E-state index contributed by atoms with van der Waals surface area (Å²) in [6, 6.07) is 6.62. The maximum absolute atomic E-state index is 14.7. The number of nitrogens with zero attached hydrogens (tertiary/aromatic N) is 3. The second kappa shape index (κ2) is 18.2. The molecule has 9 atom stereocenters. The Hall–Kier alpha value is -4.23. The molecule has 4 rings (SSSR count). The summed E-state index contributed by atoms with van der Waals surface area (Å²) in [4.78, 5) is 78.1. The van der Waals surface area contributed by atoms with Crippen molar-refractivity contribution in [2.75, 3.05) is 13.1 Å². The number of likely N-dealkylation sites (tertiary alicyclic amines) is 1. The molecule has 13 nitrogen and oxygen atoms in total. The van der Waals surface area contributed by atoms with Gasteiger partial charge in [-0.3, -0.25) is 24.2 Å². The lowest BCUT2D eigenvalue weighted by Crippen LogP contribution is -2.65. The molecule has 290 valence electrons. The molecule has 1 saturated heterocycles. The third kappa shape index (κ3) is 9.85. The van der Waals surface area contributed by atoms with Crippen LogP contribution in [0, 0.1) is 23.2 Å². The fourth-order valence-electron chi connectivity index (χ4n) is 7.85. The third-order valence-corrected chi connectivity index (χ3v) is 11.2. The first-order valence-electron chi connectivity index (χ1n) is 19.1. The molecule has 13 heteroatoms. The molecule has 1 aliphatic carbocycles. The van der Waals surface area contributed by atoms with Crippen molar-refractivity contribution in [1.82, 2.24) is 36.1 Å². The lowest BCUT2D eigenvalue weighted by Gasteiger charge is -2.40. The normalized spacial score (nSPS) is 22.3. The van der Waals surface area contributed by atoms with Gasteiger partial charge in [-0.1, -0.05) is 91.1 Å². The van der Waals surface area contributed by atoms with Crippen LogP contribution in [0.25, 0.3) is 0 Å². The van der Waals surface area contributed by atoms with Crippen molar-refractivity contribution in [2.24, 2.45) is 23.2 Å². The Morgan fingerprint density at radius 3 is 2.36 bits per heavy atom. The highest BCUT2D eigenvalue weighted by Crippen LogP contribution is 2.43. The monoisotopic (exact) mass is 733 g/mol. The topological polar surface area (TPSA) is 183 Å². The fourth-order valence-corrected chi connectivity index (χ4v) is 7.85. The Labute approximate surface area is 313 Å². The first-order chi connectivity index (χ1) is 25.2. The molecule has 2 aliphatic rings. The number of aliphatic hydroxyl groups excluding tert-OH is 1. The molecule has 0 radical (unpaired) electrons. The molecule has 0 bridgehead atoms. The fraction of sp³-hybridized carbons (Fsp3) is 0.625. The van der Waals surface area contributed by atoms with Crippen molar-refractivity contribution in [1.29, 1.82) is 0 Å². The van der Waals surface area contributed by atoms with Crippen molar-refractivity contribution < 1.29 is 29.1 Å². The lowest BCUT2D eigenvalue weighted by molar-refractivity contribution is -0.144. The maximum atomic E-state index is 14.7. The number of aldehydes is 1. The van der Waals surface area contributed by atoms with Crippen LogP contribution in [-0.2, 0) is 19.2 Å². The van der Waals surface area contributed by atoms with E-state index in [2.05, 4.69) is 31.2 Å². The average molecular weight is 734 g/mol. The van der Waals surface area contributed by atoms with E-state index in [0.717, 1.165) is 31.1 Å². The molecule has 4 amide bonds. The zero-order chi connectivity index (χ0) is 38.9. The van der Waals surface area contributed by atoms with Gasteiger partial charge in [0.2, 0.25) is 11.8 Å². The van der Waals surface area contributed by atoms with Crippen LogP contribution < -0.4 is 21.3 Å². The maximum Gasteiger partial charge on any atom is 0.272 e. The number of benzene rings is 1. The molecular formula is C40H59N7O6. The quantitative estimate of drug-likeness (QED) is 0.152. The highest BCUT2D eigenvalue weighted by Gasteiger charge is 2.52. The number of aromatic nitrogens is 2. The molecule has 2 aromatic rings. The summed E-state index contributed by atoms with van der Waals surface area (Å²) in [7, 11) is 0. The number of hydrogen-bond acceptors (Lipinski definition) is 9. The van der Waals surface area contributed by atoms with E-state index in [1.54, 1.807) is 4.90 Å². The number of amides is 4. The van der Waals surface area contributed by atoms with Gasteiger partial charge >= 0.3 is 0 Å². The van der Waals surface area contributed by atoms with Crippen LogP contribution in [-0.4, -0.2) is 92.7 Å². The van der Waals surface area contributed by atoms with Gasteiger partial charge in [0.15, 0.2) is 6.10 Å². The number of hydrogen-bond donors (Lipinski definition) is 5. The molecule has 5 N–H and O–H groups in total. The molecule has 53 heavy (non-hydrogen) atoms. The molecule has 2 unspecified atom stereocenters. The van der Waals surface area contributed by atoms with Crippen LogP contribution in [0.3, 0.4) is 0 Å². The summed E-state index contributed by atoms with van der Waals surface area (Å²) >= 11 is 0. The van der Waals surface area contributed by atoms with Gasteiger partial charge in [0.25, 0.3) is 11.8 Å². The van der Waals surface area contributed by atoms with Crippen LogP contribution in [0.4, 0.5) is 0 Å². The Bertz CT molecular complexity index is 1550. The Kier molecular flexibility index (Phi) is 14.3. The van der Waals surface area contributed by atoms with E-state index in [0.29, 0.717) is 25.8 Å². The molecular weight excluding hydrogens is 674 g/mol.